The Morgan fingerprint density at radius 1 is 1.29 bits per heavy atom. The van der Waals surface area contributed by atoms with E-state index in [-0.39, 0.29) is 5.56 Å². The number of benzene rings is 1. The van der Waals surface area contributed by atoms with E-state index in [0.29, 0.717) is 17.2 Å². The van der Waals surface area contributed by atoms with Crippen molar-refractivity contribution in [2.45, 2.75) is 17.7 Å². The van der Waals surface area contributed by atoms with Crippen LogP contribution in [0.2, 0.25) is 5.02 Å². The van der Waals surface area contributed by atoms with E-state index < -0.39 is 21.6 Å². The highest BCUT2D eigenvalue weighted by Gasteiger charge is 2.68. The number of halogens is 3. The van der Waals surface area contributed by atoms with Crippen LogP contribution in [0.3, 0.4) is 0 Å². The van der Waals surface area contributed by atoms with Crippen molar-refractivity contribution >= 4 is 46.6 Å². The molecule has 1 atom stereocenters. The summed E-state index contributed by atoms with van der Waals surface area (Å²) < 4.78 is 3.96. The molecule has 0 spiro atoms. The van der Waals surface area contributed by atoms with Crippen molar-refractivity contribution in [3.63, 3.8) is 0 Å². The fourth-order valence-electron chi connectivity index (χ4n) is 1.82. The number of ether oxygens (including phenoxy) is 1. The SMILES string of the molecule is COc1ccc(Cl)cc1C(=O)NNC(=O)C1(C)CC1(Cl)Cl. The lowest BCUT2D eigenvalue weighted by molar-refractivity contribution is -0.126. The van der Waals surface area contributed by atoms with Gasteiger partial charge >= 0.3 is 0 Å². The zero-order chi connectivity index (χ0) is 15.8. The summed E-state index contributed by atoms with van der Waals surface area (Å²) in [6.07, 6.45) is 0.325. The maximum Gasteiger partial charge on any atom is 0.273 e. The van der Waals surface area contributed by atoms with Crippen molar-refractivity contribution in [2.24, 2.45) is 5.41 Å². The third-order valence-corrected chi connectivity index (χ3v) is 4.79. The Bertz CT molecular complexity index is 606. The molecule has 5 nitrogen and oxygen atoms in total. The largest absolute Gasteiger partial charge is 0.496 e. The van der Waals surface area contributed by atoms with Gasteiger partial charge in [0.25, 0.3) is 5.91 Å². The molecule has 1 aromatic carbocycles. The lowest BCUT2D eigenvalue weighted by Crippen LogP contribution is -2.45. The molecule has 1 saturated carbocycles. The quantitative estimate of drug-likeness (QED) is 0.650. The third kappa shape index (κ3) is 3.05. The molecule has 2 rings (SSSR count). The average Bonchev–Trinajstić information content (AvgIpc) is 2.95. The molecular formula is C13H13Cl3N2O3. The van der Waals surface area contributed by atoms with Gasteiger partial charge in [-0.25, -0.2) is 0 Å². The predicted molar refractivity (Wildman–Crippen MR) is 80.8 cm³/mol. The van der Waals surface area contributed by atoms with Crippen LogP contribution in [0.1, 0.15) is 23.7 Å². The van der Waals surface area contributed by atoms with Gasteiger partial charge in [0.1, 0.15) is 10.1 Å². The van der Waals surface area contributed by atoms with E-state index in [0.717, 1.165) is 0 Å². The molecule has 0 radical (unpaired) electrons. The van der Waals surface area contributed by atoms with Crippen molar-refractivity contribution in [2.75, 3.05) is 7.11 Å². The summed E-state index contributed by atoms with van der Waals surface area (Å²) in [6, 6.07) is 4.59. The van der Waals surface area contributed by atoms with Crippen molar-refractivity contribution in [3.05, 3.63) is 28.8 Å². The molecule has 114 valence electrons. The second kappa shape index (κ2) is 5.55. The fourth-order valence-corrected chi connectivity index (χ4v) is 2.70. The average molecular weight is 352 g/mol. The molecule has 21 heavy (non-hydrogen) atoms. The minimum atomic E-state index is -1.10. The molecule has 0 bridgehead atoms. The van der Waals surface area contributed by atoms with Crippen LogP contribution in [0.4, 0.5) is 0 Å². The van der Waals surface area contributed by atoms with E-state index in [1.807, 2.05) is 0 Å². The first-order valence-corrected chi connectivity index (χ1v) is 7.17. The first-order chi connectivity index (χ1) is 9.71. The normalized spacial score (nSPS) is 22.3. The molecule has 0 heterocycles. The Kier molecular flexibility index (Phi) is 4.29. The second-order valence-corrected chi connectivity index (χ2v) is 6.89. The number of rotatable bonds is 3. The molecule has 1 unspecified atom stereocenters. The Morgan fingerprint density at radius 3 is 2.43 bits per heavy atom. The molecule has 0 aromatic heterocycles. The Morgan fingerprint density at radius 2 is 1.90 bits per heavy atom. The lowest BCUT2D eigenvalue weighted by atomic mass is 10.1. The maximum absolute atomic E-state index is 12.1. The van der Waals surface area contributed by atoms with E-state index >= 15 is 0 Å². The van der Waals surface area contributed by atoms with Crippen LogP contribution in [-0.4, -0.2) is 23.3 Å². The highest BCUT2D eigenvalue weighted by atomic mass is 35.5. The van der Waals surface area contributed by atoms with Gasteiger partial charge in [-0.3, -0.25) is 20.4 Å². The Balaban J connectivity index is 2.03. The van der Waals surface area contributed by atoms with Gasteiger partial charge in [-0.15, -0.1) is 23.2 Å². The molecule has 1 aliphatic rings. The van der Waals surface area contributed by atoms with Crippen LogP contribution in [0.15, 0.2) is 18.2 Å². The zero-order valence-corrected chi connectivity index (χ0v) is 13.6. The summed E-state index contributed by atoms with van der Waals surface area (Å²) in [6.45, 7) is 1.62. The summed E-state index contributed by atoms with van der Waals surface area (Å²) in [5, 5.41) is 0.377. The van der Waals surface area contributed by atoms with Gasteiger partial charge in [0, 0.05) is 5.02 Å². The van der Waals surface area contributed by atoms with Gasteiger partial charge in [-0.2, -0.15) is 0 Å². The number of alkyl halides is 2. The zero-order valence-electron chi connectivity index (χ0n) is 11.3. The molecule has 1 fully saturated rings. The number of methoxy groups -OCH3 is 1. The number of hydrogen-bond donors (Lipinski definition) is 2. The Labute approximate surface area is 136 Å². The first-order valence-electron chi connectivity index (χ1n) is 6.03. The standard InChI is InChI=1S/C13H13Cl3N2O3/c1-12(6-13(12,15)16)11(20)18-17-10(19)8-5-7(14)3-4-9(8)21-2/h3-5H,6H2,1-2H3,(H,17,19)(H,18,20). The molecule has 1 aromatic rings. The summed E-state index contributed by atoms with van der Waals surface area (Å²) in [7, 11) is 1.43. The van der Waals surface area contributed by atoms with E-state index in [9.17, 15) is 9.59 Å². The predicted octanol–water partition coefficient (Wildman–Crippen LogP) is 2.69. The van der Waals surface area contributed by atoms with Gasteiger partial charge < -0.3 is 4.74 Å². The van der Waals surface area contributed by atoms with Crippen LogP contribution in [-0.2, 0) is 4.79 Å². The summed E-state index contributed by atoms with van der Waals surface area (Å²) in [5.74, 6) is -0.670. The molecule has 0 saturated heterocycles. The topological polar surface area (TPSA) is 67.4 Å². The molecular weight excluding hydrogens is 339 g/mol. The molecule has 8 heteroatoms. The number of hydrogen-bond acceptors (Lipinski definition) is 3. The first kappa shape index (κ1) is 16.2. The van der Waals surface area contributed by atoms with E-state index in [1.54, 1.807) is 19.1 Å². The highest BCUT2D eigenvalue weighted by molar-refractivity contribution is 6.53. The van der Waals surface area contributed by atoms with E-state index in [1.165, 1.54) is 13.2 Å². The molecule has 2 amide bonds. The van der Waals surface area contributed by atoms with Gasteiger partial charge in [0.15, 0.2) is 0 Å². The van der Waals surface area contributed by atoms with Crippen molar-refractivity contribution in [1.29, 1.82) is 0 Å². The fraction of sp³-hybridized carbons (Fsp3) is 0.385. The minimum Gasteiger partial charge on any atom is -0.496 e. The lowest BCUT2D eigenvalue weighted by Gasteiger charge is -2.14. The molecule has 0 aliphatic heterocycles. The van der Waals surface area contributed by atoms with Gasteiger partial charge in [0.05, 0.1) is 18.1 Å². The summed E-state index contributed by atoms with van der Waals surface area (Å²) in [5.41, 5.74) is 3.88. The highest BCUT2D eigenvalue weighted by Crippen LogP contribution is 2.63. The third-order valence-electron chi connectivity index (χ3n) is 3.45. The molecule has 1 aliphatic carbocycles. The van der Waals surface area contributed by atoms with Crippen LogP contribution in [0.25, 0.3) is 0 Å². The number of carbonyl (C=O) groups excluding carboxylic acids is 2. The maximum atomic E-state index is 12.1. The summed E-state index contributed by atoms with van der Waals surface area (Å²) in [4.78, 5) is 24.0. The van der Waals surface area contributed by atoms with Crippen molar-refractivity contribution in [1.82, 2.24) is 10.9 Å². The number of nitrogens with one attached hydrogen (secondary N) is 2. The van der Waals surface area contributed by atoms with Crippen LogP contribution in [0, 0.1) is 5.41 Å². The number of carbonyl (C=O) groups is 2. The minimum absolute atomic E-state index is 0.203. The number of amides is 2. The van der Waals surface area contributed by atoms with Gasteiger partial charge in [0.2, 0.25) is 5.91 Å². The van der Waals surface area contributed by atoms with Crippen molar-refractivity contribution in [3.8, 4) is 5.75 Å². The van der Waals surface area contributed by atoms with Crippen molar-refractivity contribution < 1.29 is 14.3 Å². The van der Waals surface area contributed by atoms with E-state index in [2.05, 4.69) is 10.9 Å². The van der Waals surface area contributed by atoms with E-state index in [4.69, 9.17) is 39.5 Å². The smallest absolute Gasteiger partial charge is 0.273 e. The van der Waals surface area contributed by atoms with Gasteiger partial charge in [-0.05, 0) is 31.5 Å². The van der Waals surface area contributed by atoms with Crippen LogP contribution in [0.5, 0.6) is 5.75 Å². The second-order valence-electron chi connectivity index (χ2n) is 4.97. The molecule has 2 N–H and O–H groups in total. The van der Waals surface area contributed by atoms with Gasteiger partial charge in [-0.1, -0.05) is 11.6 Å². The summed E-state index contributed by atoms with van der Waals surface area (Å²) >= 11 is 17.6. The van der Waals surface area contributed by atoms with Crippen LogP contribution < -0.4 is 15.6 Å². The monoisotopic (exact) mass is 350 g/mol. The Hall–Kier alpha value is -1.17. The number of hydrazine groups is 1. The van der Waals surface area contributed by atoms with Crippen LogP contribution >= 0.6 is 34.8 Å².